The number of hydrogen-bond acceptors (Lipinski definition) is 7. The van der Waals surface area contributed by atoms with Crippen LogP contribution in [0.1, 0.15) is 28.7 Å². The van der Waals surface area contributed by atoms with Crippen LogP contribution in [0.2, 0.25) is 0 Å². The molecule has 1 atom stereocenters. The predicted molar refractivity (Wildman–Crippen MR) is 112 cm³/mol. The first kappa shape index (κ1) is 19.4. The lowest BCUT2D eigenvalue weighted by Gasteiger charge is -2.31. The van der Waals surface area contributed by atoms with Crippen LogP contribution in [0.15, 0.2) is 51.9 Å². The molecule has 158 valence electrons. The van der Waals surface area contributed by atoms with Gasteiger partial charge in [-0.15, -0.1) is 0 Å². The Morgan fingerprint density at radius 1 is 1.26 bits per heavy atom. The molecule has 0 spiro atoms. The molecule has 8 heteroatoms. The number of furan rings is 1. The van der Waals surface area contributed by atoms with Gasteiger partial charge in [0.15, 0.2) is 6.10 Å². The molecule has 1 amide bonds. The number of rotatable bonds is 4. The van der Waals surface area contributed by atoms with Crippen LogP contribution in [0.25, 0.3) is 22.4 Å². The number of hydrogen-bond donors (Lipinski definition) is 0. The zero-order valence-corrected chi connectivity index (χ0v) is 17.4. The van der Waals surface area contributed by atoms with Gasteiger partial charge in [0.05, 0.1) is 25.8 Å². The van der Waals surface area contributed by atoms with Crippen molar-refractivity contribution in [2.45, 2.75) is 26.4 Å². The first-order valence-electron chi connectivity index (χ1n) is 10.2. The second kappa shape index (κ2) is 7.96. The van der Waals surface area contributed by atoms with Gasteiger partial charge in [0, 0.05) is 35.5 Å². The largest absolute Gasteiger partial charge is 0.464 e. The van der Waals surface area contributed by atoms with Crippen molar-refractivity contribution in [3.8, 4) is 11.4 Å². The molecule has 3 aromatic heterocycles. The molecule has 1 aromatic carbocycles. The van der Waals surface area contributed by atoms with Crippen molar-refractivity contribution in [2.75, 3.05) is 19.7 Å². The summed E-state index contributed by atoms with van der Waals surface area (Å²) in [5.41, 5.74) is 4.77. The third-order valence-corrected chi connectivity index (χ3v) is 5.74. The van der Waals surface area contributed by atoms with Gasteiger partial charge >= 0.3 is 0 Å². The van der Waals surface area contributed by atoms with Crippen LogP contribution in [0.5, 0.6) is 0 Å². The van der Waals surface area contributed by atoms with E-state index in [2.05, 4.69) is 21.2 Å². The third-order valence-electron chi connectivity index (χ3n) is 5.74. The average molecular weight is 418 g/mol. The van der Waals surface area contributed by atoms with Crippen LogP contribution in [0.3, 0.4) is 0 Å². The summed E-state index contributed by atoms with van der Waals surface area (Å²) >= 11 is 0. The van der Waals surface area contributed by atoms with Gasteiger partial charge in [0.1, 0.15) is 5.58 Å². The Labute approximate surface area is 178 Å². The smallest absolute Gasteiger partial charge is 0.257 e. The molecular weight excluding hydrogens is 396 g/mol. The summed E-state index contributed by atoms with van der Waals surface area (Å²) in [5, 5.41) is 5.01. The maximum atomic E-state index is 13.0. The van der Waals surface area contributed by atoms with Gasteiger partial charge in [-0.25, -0.2) is 0 Å². The summed E-state index contributed by atoms with van der Waals surface area (Å²) in [5.74, 6) is 0.822. The first-order valence-corrected chi connectivity index (χ1v) is 10.2. The van der Waals surface area contributed by atoms with E-state index >= 15 is 0 Å². The minimum atomic E-state index is -0.457. The molecule has 1 unspecified atom stereocenters. The van der Waals surface area contributed by atoms with Crippen molar-refractivity contribution >= 4 is 16.9 Å². The minimum Gasteiger partial charge on any atom is -0.464 e. The van der Waals surface area contributed by atoms with Gasteiger partial charge in [0.25, 0.3) is 5.89 Å². The summed E-state index contributed by atoms with van der Waals surface area (Å²) in [4.78, 5) is 23.3. The van der Waals surface area contributed by atoms with E-state index in [1.54, 1.807) is 23.6 Å². The molecule has 31 heavy (non-hydrogen) atoms. The van der Waals surface area contributed by atoms with Gasteiger partial charge in [-0.2, -0.15) is 4.98 Å². The van der Waals surface area contributed by atoms with E-state index in [1.807, 2.05) is 32.0 Å². The maximum absolute atomic E-state index is 13.0. The average Bonchev–Trinajstić information content (AvgIpc) is 3.45. The normalized spacial score (nSPS) is 16.7. The first-order chi connectivity index (χ1) is 15.1. The molecule has 0 radical (unpaired) electrons. The van der Waals surface area contributed by atoms with E-state index in [1.165, 1.54) is 5.56 Å². The van der Waals surface area contributed by atoms with Gasteiger partial charge in [-0.1, -0.05) is 17.3 Å². The summed E-state index contributed by atoms with van der Waals surface area (Å²) in [6.07, 6.45) is 4.86. The standard InChI is InChI=1S/C23H22N4O4/c1-14-5-6-18-17(13-30-21(18)15(14)2)10-20(28)27-8-9-29-19(12-27)23-25-22(26-31-23)16-4-3-7-24-11-16/h3-7,11,13,19H,8-10,12H2,1-2H3. The van der Waals surface area contributed by atoms with E-state index in [9.17, 15) is 4.79 Å². The number of aryl methyl sites for hydroxylation is 2. The molecule has 0 N–H and O–H groups in total. The van der Waals surface area contributed by atoms with E-state index in [-0.39, 0.29) is 12.3 Å². The molecule has 4 aromatic rings. The number of ether oxygens (including phenoxy) is 1. The van der Waals surface area contributed by atoms with E-state index < -0.39 is 6.10 Å². The number of pyridine rings is 1. The number of benzene rings is 1. The zero-order valence-electron chi connectivity index (χ0n) is 17.4. The van der Waals surface area contributed by atoms with E-state index in [0.29, 0.717) is 31.4 Å². The summed E-state index contributed by atoms with van der Waals surface area (Å²) in [6, 6.07) is 7.74. The fraction of sp³-hybridized carbons (Fsp3) is 0.304. The quantitative estimate of drug-likeness (QED) is 0.499. The molecule has 0 saturated carbocycles. The van der Waals surface area contributed by atoms with Crippen LogP contribution in [0, 0.1) is 13.8 Å². The van der Waals surface area contributed by atoms with Gasteiger partial charge in [0.2, 0.25) is 11.7 Å². The Balaban J connectivity index is 1.30. The highest BCUT2D eigenvalue weighted by atomic mass is 16.5. The molecule has 1 aliphatic heterocycles. The highest BCUT2D eigenvalue weighted by Gasteiger charge is 2.30. The Kier molecular flexibility index (Phi) is 4.99. The highest BCUT2D eigenvalue weighted by Crippen LogP contribution is 2.28. The Morgan fingerprint density at radius 2 is 2.16 bits per heavy atom. The predicted octanol–water partition coefficient (Wildman–Crippen LogP) is 3.64. The van der Waals surface area contributed by atoms with E-state index in [0.717, 1.165) is 27.7 Å². The number of carbonyl (C=O) groups is 1. The number of aromatic nitrogens is 3. The lowest BCUT2D eigenvalue weighted by atomic mass is 10.0. The van der Waals surface area contributed by atoms with Crippen molar-refractivity contribution in [1.29, 1.82) is 0 Å². The topological polar surface area (TPSA) is 94.5 Å². The molecule has 1 saturated heterocycles. The van der Waals surface area contributed by atoms with Crippen LogP contribution in [0.4, 0.5) is 0 Å². The van der Waals surface area contributed by atoms with Crippen molar-refractivity contribution in [3.05, 3.63) is 65.5 Å². The molecule has 0 bridgehead atoms. The SMILES string of the molecule is Cc1ccc2c(CC(=O)N3CCOC(c4nc(-c5cccnc5)no4)C3)coc2c1C. The summed E-state index contributed by atoms with van der Waals surface area (Å²) < 4.78 is 17.0. The number of amides is 1. The molecule has 4 heterocycles. The molecule has 1 aliphatic rings. The second-order valence-electron chi connectivity index (χ2n) is 7.72. The fourth-order valence-corrected chi connectivity index (χ4v) is 3.80. The zero-order chi connectivity index (χ0) is 21.4. The summed E-state index contributed by atoms with van der Waals surface area (Å²) in [7, 11) is 0. The van der Waals surface area contributed by atoms with Crippen molar-refractivity contribution in [1.82, 2.24) is 20.0 Å². The maximum Gasteiger partial charge on any atom is 0.257 e. The lowest BCUT2D eigenvalue weighted by molar-refractivity contribution is -0.139. The Bertz CT molecular complexity index is 1230. The lowest BCUT2D eigenvalue weighted by Crippen LogP contribution is -2.43. The number of morpholine rings is 1. The third kappa shape index (κ3) is 3.70. The minimum absolute atomic E-state index is 0.0150. The van der Waals surface area contributed by atoms with E-state index in [4.69, 9.17) is 13.7 Å². The van der Waals surface area contributed by atoms with Gasteiger partial charge in [-0.05, 0) is 37.1 Å². The Morgan fingerprint density at radius 3 is 3.00 bits per heavy atom. The molecule has 8 nitrogen and oxygen atoms in total. The van der Waals surface area contributed by atoms with Crippen molar-refractivity contribution in [2.24, 2.45) is 0 Å². The molecule has 0 aliphatic carbocycles. The fourth-order valence-electron chi connectivity index (χ4n) is 3.80. The molecule has 5 rings (SSSR count). The van der Waals surface area contributed by atoms with Crippen molar-refractivity contribution in [3.63, 3.8) is 0 Å². The van der Waals surface area contributed by atoms with Crippen molar-refractivity contribution < 1.29 is 18.5 Å². The second-order valence-corrected chi connectivity index (χ2v) is 7.72. The van der Waals surface area contributed by atoms with Crippen LogP contribution in [-0.4, -0.2) is 45.6 Å². The van der Waals surface area contributed by atoms with Crippen LogP contribution >= 0.6 is 0 Å². The number of nitrogens with zero attached hydrogens (tertiary/aromatic N) is 4. The monoisotopic (exact) mass is 418 g/mol. The number of carbonyl (C=O) groups excluding carboxylic acids is 1. The highest BCUT2D eigenvalue weighted by molar-refractivity contribution is 5.89. The summed E-state index contributed by atoms with van der Waals surface area (Å²) in [6.45, 7) is 5.37. The number of fused-ring (bicyclic) bond motifs is 1. The Hall–Kier alpha value is -3.52. The molecular formula is C23H22N4O4. The van der Waals surface area contributed by atoms with Gasteiger partial charge < -0.3 is 18.6 Å². The van der Waals surface area contributed by atoms with Crippen LogP contribution in [-0.2, 0) is 16.0 Å². The van der Waals surface area contributed by atoms with Crippen LogP contribution < -0.4 is 0 Å². The van der Waals surface area contributed by atoms with Gasteiger partial charge in [-0.3, -0.25) is 9.78 Å². The molecule has 1 fully saturated rings.